The molecule has 0 unspecified atom stereocenters. The number of hydrogen-bond donors (Lipinski definition) is 2. The van der Waals surface area contributed by atoms with E-state index in [1.54, 1.807) is 36.4 Å². The van der Waals surface area contributed by atoms with E-state index in [0.717, 1.165) is 16.7 Å². The molecule has 0 aliphatic rings. The Bertz CT molecular complexity index is 942. The van der Waals surface area contributed by atoms with Crippen LogP contribution in [0.25, 0.3) is 11.0 Å². The van der Waals surface area contributed by atoms with Crippen molar-refractivity contribution in [1.82, 2.24) is 0 Å². The highest BCUT2D eigenvalue weighted by Gasteiger charge is 2.18. The summed E-state index contributed by atoms with van der Waals surface area (Å²) in [4.78, 5) is 23.6. The molecule has 0 radical (unpaired) electrons. The smallest absolute Gasteiger partial charge is 0.291 e. The molecule has 0 saturated carbocycles. The van der Waals surface area contributed by atoms with Gasteiger partial charge in [-0.3, -0.25) is 9.59 Å². The van der Waals surface area contributed by atoms with Gasteiger partial charge in [0.05, 0.1) is 6.61 Å². The Morgan fingerprint density at radius 2 is 1.88 bits per heavy atom. The topological polar surface area (TPSA) is 94.6 Å². The Kier molecular flexibility index (Phi) is 4.43. The van der Waals surface area contributed by atoms with Crippen LogP contribution in [0.4, 0.5) is 5.69 Å². The number of nitrogens with one attached hydrogen (secondary N) is 1. The lowest BCUT2D eigenvalue weighted by atomic mass is 10.1. The molecule has 2 aromatic carbocycles. The standard InChI is InChI=1S/C19H18N2O4/c1-3-24-14-8-9-16-15(10-14)11(2)17(25-16)19(23)21-13-6-4-12(5-7-13)18(20)22/h4-10H,3H2,1-2H3,(H2,20,22)(H,21,23). The number of carbonyl (C=O) groups is 2. The van der Waals surface area contributed by atoms with Gasteiger partial charge < -0.3 is 20.2 Å². The van der Waals surface area contributed by atoms with E-state index >= 15 is 0 Å². The van der Waals surface area contributed by atoms with Crippen LogP contribution in [0, 0.1) is 6.92 Å². The summed E-state index contributed by atoms with van der Waals surface area (Å²) < 4.78 is 11.2. The average Bonchev–Trinajstić information content (AvgIpc) is 2.92. The molecule has 128 valence electrons. The highest BCUT2D eigenvalue weighted by Crippen LogP contribution is 2.29. The third-order valence-electron chi connectivity index (χ3n) is 3.85. The van der Waals surface area contributed by atoms with Crippen molar-refractivity contribution in [3.05, 3.63) is 59.4 Å². The van der Waals surface area contributed by atoms with Crippen molar-refractivity contribution >= 4 is 28.5 Å². The number of primary amides is 1. The number of nitrogens with two attached hydrogens (primary N) is 1. The number of furan rings is 1. The van der Waals surface area contributed by atoms with E-state index in [-0.39, 0.29) is 11.7 Å². The second-order valence-electron chi connectivity index (χ2n) is 5.54. The molecular weight excluding hydrogens is 320 g/mol. The molecule has 6 heteroatoms. The van der Waals surface area contributed by atoms with Crippen molar-refractivity contribution in [3.8, 4) is 5.75 Å². The van der Waals surface area contributed by atoms with Gasteiger partial charge in [0.15, 0.2) is 5.76 Å². The van der Waals surface area contributed by atoms with Gasteiger partial charge in [-0.15, -0.1) is 0 Å². The predicted octanol–water partition coefficient (Wildman–Crippen LogP) is 3.49. The summed E-state index contributed by atoms with van der Waals surface area (Å²) >= 11 is 0. The summed E-state index contributed by atoms with van der Waals surface area (Å²) in [5.74, 6) is 0.0881. The largest absolute Gasteiger partial charge is 0.494 e. The minimum absolute atomic E-state index is 0.239. The van der Waals surface area contributed by atoms with Gasteiger partial charge >= 0.3 is 0 Å². The average molecular weight is 338 g/mol. The molecule has 0 bridgehead atoms. The quantitative estimate of drug-likeness (QED) is 0.744. The molecule has 6 nitrogen and oxygen atoms in total. The fourth-order valence-corrected chi connectivity index (χ4v) is 2.58. The lowest BCUT2D eigenvalue weighted by Crippen LogP contribution is -2.13. The molecule has 3 N–H and O–H groups in total. The summed E-state index contributed by atoms with van der Waals surface area (Å²) in [6.45, 7) is 4.30. The van der Waals surface area contributed by atoms with Crippen molar-refractivity contribution < 1.29 is 18.7 Å². The summed E-state index contributed by atoms with van der Waals surface area (Å²) in [6.07, 6.45) is 0. The Morgan fingerprint density at radius 3 is 2.52 bits per heavy atom. The van der Waals surface area contributed by atoms with Gasteiger partial charge in [-0.05, 0) is 56.3 Å². The van der Waals surface area contributed by atoms with E-state index in [2.05, 4.69) is 5.32 Å². The second kappa shape index (κ2) is 6.68. The minimum atomic E-state index is -0.517. The van der Waals surface area contributed by atoms with Crippen LogP contribution in [0.1, 0.15) is 33.4 Å². The Labute approximate surface area is 144 Å². The molecule has 0 aliphatic carbocycles. The first-order valence-electron chi connectivity index (χ1n) is 7.86. The molecule has 2 amide bonds. The van der Waals surface area contributed by atoms with Crippen LogP contribution in [-0.2, 0) is 0 Å². The van der Waals surface area contributed by atoms with Crippen molar-refractivity contribution in [1.29, 1.82) is 0 Å². The third kappa shape index (κ3) is 3.33. The zero-order valence-electron chi connectivity index (χ0n) is 14.0. The highest BCUT2D eigenvalue weighted by atomic mass is 16.5. The predicted molar refractivity (Wildman–Crippen MR) is 95.0 cm³/mol. The number of rotatable bonds is 5. The van der Waals surface area contributed by atoms with Gasteiger partial charge in [0.25, 0.3) is 5.91 Å². The molecule has 1 aromatic heterocycles. The first-order chi connectivity index (χ1) is 12.0. The van der Waals surface area contributed by atoms with E-state index in [4.69, 9.17) is 14.9 Å². The molecule has 3 rings (SSSR count). The molecule has 25 heavy (non-hydrogen) atoms. The van der Waals surface area contributed by atoms with Crippen molar-refractivity contribution in [2.24, 2.45) is 5.73 Å². The maximum Gasteiger partial charge on any atom is 0.291 e. The SMILES string of the molecule is CCOc1ccc2oc(C(=O)Nc3ccc(C(N)=O)cc3)c(C)c2c1. The van der Waals surface area contributed by atoms with Crippen LogP contribution in [-0.4, -0.2) is 18.4 Å². The Morgan fingerprint density at radius 1 is 1.16 bits per heavy atom. The molecular formula is C19H18N2O4. The number of ether oxygens (including phenoxy) is 1. The van der Waals surface area contributed by atoms with Crippen LogP contribution < -0.4 is 15.8 Å². The number of fused-ring (bicyclic) bond motifs is 1. The van der Waals surface area contributed by atoms with Gasteiger partial charge in [-0.25, -0.2) is 0 Å². The van der Waals surface area contributed by atoms with E-state index in [1.165, 1.54) is 0 Å². The number of anilines is 1. The zero-order chi connectivity index (χ0) is 18.0. The van der Waals surface area contributed by atoms with Crippen LogP contribution in [0.15, 0.2) is 46.9 Å². The molecule has 1 heterocycles. The monoisotopic (exact) mass is 338 g/mol. The Balaban J connectivity index is 1.86. The molecule has 0 fully saturated rings. The van der Waals surface area contributed by atoms with Gasteiger partial charge in [0.1, 0.15) is 11.3 Å². The van der Waals surface area contributed by atoms with Crippen molar-refractivity contribution in [2.45, 2.75) is 13.8 Å². The number of aryl methyl sites for hydroxylation is 1. The molecule has 0 aliphatic heterocycles. The van der Waals surface area contributed by atoms with Crippen molar-refractivity contribution in [2.75, 3.05) is 11.9 Å². The lowest BCUT2D eigenvalue weighted by molar-refractivity contribution is 0.0992. The van der Waals surface area contributed by atoms with Crippen LogP contribution in [0.2, 0.25) is 0 Å². The van der Waals surface area contributed by atoms with Crippen LogP contribution >= 0.6 is 0 Å². The highest BCUT2D eigenvalue weighted by molar-refractivity contribution is 6.06. The summed E-state index contributed by atoms with van der Waals surface area (Å²) in [6, 6.07) is 11.8. The van der Waals surface area contributed by atoms with Gasteiger partial charge in [-0.2, -0.15) is 0 Å². The van der Waals surface area contributed by atoms with E-state index in [9.17, 15) is 9.59 Å². The number of hydrogen-bond acceptors (Lipinski definition) is 4. The third-order valence-corrected chi connectivity index (χ3v) is 3.85. The van der Waals surface area contributed by atoms with Crippen LogP contribution in [0.3, 0.4) is 0 Å². The summed E-state index contributed by atoms with van der Waals surface area (Å²) in [5, 5.41) is 3.58. The van der Waals surface area contributed by atoms with Crippen molar-refractivity contribution in [3.63, 3.8) is 0 Å². The maximum atomic E-state index is 12.5. The van der Waals surface area contributed by atoms with Gasteiger partial charge in [0, 0.05) is 22.2 Å². The first kappa shape index (κ1) is 16.6. The fraction of sp³-hybridized carbons (Fsp3) is 0.158. The molecule has 0 spiro atoms. The molecule has 0 atom stereocenters. The number of amides is 2. The minimum Gasteiger partial charge on any atom is -0.494 e. The lowest BCUT2D eigenvalue weighted by Gasteiger charge is -2.04. The van der Waals surface area contributed by atoms with Gasteiger partial charge in [0.2, 0.25) is 5.91 Å². The van der Waals surface area contributed by atoms with E-state index in [0.29, 0.717) is 23.4 Å². The first-order valence-corrected chi connectivity index (χ1v) is 7.86. The molecule has 3 aromatic rings. The zero-order valence-corrected chi connectivity index (χ0v) is 14.0. The fourth-order valence-electron chi connectivity index (χ4n) is 2.58. The molecule has 0 saturated heterocycles. The van der Waals surface area contributed by atoms with E-state index in [1.807, 2.05) is 19.9 Å². The Hall–Kier alpha value is -3.28. The van der Waals surface area contributed by atoms with Crippen LogP contribution in [0.5, 0.6) is 5.75 Å². The normalized spacial score (nSPS) is 10.6. The second-order valence-corrected chi connectivity index (χ2v) is 5.54. The number of carbonyl (C=O) groups excluding carboxylic acids is 2. The van der Waals surface area contributed by atoms with Gasteiger partial charge in [-0.1, -0.05) is 0 Å². The number of benzene rings is 2. The van der Waals surface area contributed by atoms with E-state index < -0.39 is 5.91 Å². The summed E-state index contributed by atoms with van der Waals surface area (Å²) in [5.41, 5.74) is 7.48. The maximum absolute atomic E-state index is 12.5. The summed E-state index contributed by atoms with van der Waals surface area (Å²) in [7, 11) is 0.